The van der Waals surface area contributed by atoms with Crippen molar-refractivity contribution in [3.63, 3.8) is 0 Å². The van der Waals surface area contributed by atoms with E-state index in [-0.39, 0.29) is 0 Å². The van der Waals surface area contributed by atoms with Crippen molar-refractivity contribution in [3.05, 3.63) is 253 Å². The second-order valence-corrected chi connectivity index (χ2v) is 20.1. The van der Waals surface area contributed by atoms with Crippen LogP contribution in [-0.2, 0) is 5.41 Å². The zero-order valence-corrected chi connectivity index (χ0v) is 37.8. The predicted octanol–water partition coefficient (Wildman–Crippen LogP) is 17.8. The lowest BCUT2D eigenvalue weighted by molar-refractivity contribution is 0.707. The molecule has 2 nitrogen and oxygen atoms in total. The molecule has 312 valence electrons. The third-order valence-electron chi connectivity index (χ3n) is 14.6. The number of para-hydroxylation sites is 1. The van der Waals surface area contributed by atoms with Crippen molar-refractivity contribution in [1.82, 2.24) is 4.57 Å². The maximum Gasteiger partial charge on any atom is 0.0735 e. The zero-order valence-electron chi connectivity index (χ0n) is 36.2. The first kappa shape index (κ1) is 37.3. The highest BCUT2D eigenvalue weighted by Crippen LogP contribution is 2.62. The van der Waals surface area contributed by atoms with Gasteiger partial charge in [0.15, 0.2) is 0 Å². The van der Waals surface area contributed by atoms with E-state index in [1.807, 2.05) is 23.1 Å². The Labute approximate surface area is 395 Å². The van der Waals surface area contributed by atoms with Crippen LogP contribution in [0.15, 0.2) is 240 Å². The lowest BCUT2D eigenvalue weighted by atomic mass is 9.59. The number of fused-ring (bicyclic) bond motifs is 15. The zero-order chi connectivity index (χ0) is 43.8. The first-order valence-electron chi connectivity index (χ1n) is 23.0. The Morgan fingerprint density at radius 1 is 0.373 bits per heavy atom. The van der Waals surface area contributed by atoms with Gasteiger partial charge in [-0.25, -0.2) is 0 Å². The molecule has 0 bridgehead atoms. The molecule has 2 aromatic heterocycles. The van der Waals surface area contributed by atoms with E-state index >= 15 is 0 Å². The molecule has 67 heavy (non-hydrogen) atoms. The molecule has 3 heterocycles. The lowest BCUT2D eigenvalue weighted by Gasteiger charge is -2.46. The monoisotopic (exact) mass is 886 g/mol. The Kier molecular flexibility index (Phi) is 7.84. The summed E-state index contributed by atoms with van der Waals surface area (Å²) in [6, 6.07) is 86.6. The molecular weight excluding hydrogens is 849 g/mol. The summed E-state index contributed by atoms with van der Waals surface area (Å²) in [5.74, 6) is 0. The highest BCUT2D eigenvalue weighted by atomic mass is 32.2. The van der Waals surface area contributed by atoms with Crippen molar-refractivity contribution in [3.8, 4) is 16.8 Å². The number of benzene rings is 11. The van der Waals surface area contributed by atoms with Crippen LogP contribution in [0.5, 0.6) is 0 Å². The van der Waals surface area contributed by atoms with Gasteiger partial charge >= 0.3 is 0 Å². The number of hydrogen-bond acceptors (Lipinski definition) is 3. The minimum atomic E-state index is -0.514. The third-order valence-corrected chi connectivity index (χ3v) is 16.9. The van der Waals surface area contributed by atoms with E-state index in [1.165, 1.54) is 107 Å². The third kappa shape index (κ3) is 5.12. The van der Waals surface area contributed by atoms with Crippen molar-refractivity contribution in [2.75, 3.05) is 4.90 Å². The molecular formula is C63H38N2S2. The van der Waals surface area contributed by atoms with Crippen molar-refractivity contribution in [1.29, 1.82) is 0 Å². The quantitative estimate of drug-likeness (QED) is 0.174. The van der Waals surface area contributed by atoms with Gasteiger partial charge in [-0.05, 0) is 105 Å². The Morgan fingerprint density at radius 3 is 1.85 bits per heavy atom. The van der Waals surface area contributed by atoms with E-state index in [9.17, 15) is 0 Å². The number of rotatable bonds is 4. The summed E-state index contributed by atoms with van der Waals surface area (Å²) in [7, 11) is 0. The van der Waals surface area contributed by atoms with Crippen LogP contribution in [0.3, 0.4) is 0 Å². The van der Waals surface area contributed by atoms with Crippen molar-refractivity contribution in [2.24, 2.45) is 0 Å². The molecule has 0 radical (unpaired) electrons. The smallest absolute Gasteiger partial charge is 0.0735 e. The Bertz CT molecular complexity index is 4180. The summed E-state index contributed by atoms with van der Waals surface area (Å²) in [5, 5.41) is 10.0. The van der Waals surface area contributed by atoms with Crippen molar-refractivity contribution in [2.45, 2.75) is 15.2 Å². The predicted molar refractivity (Wildman–Crippen MR) is 285 cm³/mol. The average Bonchev–Trinajstić information content (AvgIpc) is 3.93. The van der Waals surface area contributed by atoms with Crippen LogP contribution in [0.1, 0.15) is 22.3 Å². The van der Waals surface area contributed by atoms with E-state index in [0.29, 0.717) is 0 Å². The molecule has 2 aliphatic rings. The van der Waals surface area contributed by atoms with Gasteiger partial charge in [-0.2, -0.15) is 0 Å². The van der Waals surface area contributed by atoms with Gasteiger partial charge in [-0.1, -0.05) is 182 Å². The number of thiophene rings is 1. The summed E-state index contributed by atoms with van der Waals surface area (Å²) >= 11 is 3.76. The van der Waals surface area contributed by atoms with Crippen LogP contribution >= 0.6 is 23.1 Å². The second-order valence-electron chi connectivity index (χ2n) is 17.9. The van der Waals surface area contributed by atoms with Gasteiger partial charge in [-0.3, -0.25) is 0 Å². The summed E-state index contributed by atoms with van der Waals surface area (Å²) in [6.07, 6.45) is 0. The van der Waals surface area contributed by atoms with Gasteiger partial charge < -0.3 is 9.47 Å². The van der Waals surface area contributed by atoms with E-state index < -0.39 is 5.41 Å². The van der Waals surface area contributed by atoms with Gasteiger partial charge in [0.1, 0.15) is 0 Å². The highest BCUT2D eigenvalue weighted by Gasteiger charge is 2.48. The molecule has 0 amide bonds. The molecule has 1 spiro atoms. The number of aromatic nitrogens is 1. The Balaban J connectivity index is 1.03. The molecule has 1 aliphatic heterocycles. The first-order chi connectivity index (χ1) is 33.2. The van der Waals surface area contributed by atoms with E-state index in [1.54, 1.807) is 0 Å². The summed E-state index contributed by atoms with van der Waals surface area (Å²) < 4.78 is 5.09. The first-order valence-corrected chi connectivity index (χ1v) is 24.6. The topological polar surface area (TPSA) is 8.17 Å². The van der Waals surface area contributed by atoms with Gasteiger partial charge in [0, 0.05) is 62.9 Å². The van der Waals surface area contributed by atoms with Gasteiger partial charge in [0.05, 0.1) is 27.8 Å². The standard InChI is InChI=1S/C63H38N2S2/c1-2-17-42-39(15-1)16-13-27-54(42)64(40-31-33-45-44-19-4-9-26-55(44)65(57(45)37-40)41-32-34-47-46-20-5-10-28-58(46)66-61(47)38-41)56-36-35-48-43-18-3-6-22-50(43)63(53-25-14-21-49(56)62(48)53)51-23-7-11-29-59(51)67-60-30-12-8-24-52(60)63/h1-38H. The summed E-state index contributed by atoms with van der Waals surface area (Å²) in [4.78, 5) is 5.15. The average molecular weight is 887 g/mol. The van der Waals surface area contributed by atoms with E-state index in [4.69, 9.17) is 0 Å². The SMILES string of the molecule is c1ccc2c(c1)Sc1ccccc1C21c2ccccc2-c2ccc(N(c3ccc4c5ccccc5n(-c5ccc6c(c5)sc5ccccc56)c4c3)c3cccc4ccccc34)c3cccc1c23. The minimum absolute atomic E-state index is 0.514. The highest BCUT2D eigenvalue weighted by molar-refractivity contribution is 7.99. The summed E-state index contributed by atoms with van der Waals surface area (Å²) in [5.41, 5.74) is 14.3. The fraction of sp³-hybridized carbons (Fsp3) is 0.0159. The second kappa shape index (κ2) is 14.1. The molecule has 1 aliphatic carbocycles. The molecule has 0 atom stereocenters. The van der Waals surface area contributed by atoms with Crippen LogP contribution < -0.4 is 4.90 Å². The molecule has 13 aromatic rings. The van der Waals surface area contributed by atoms with E-state index in [2.05, 4.69) is 240 Å². The Hall–Kier alpha value is -7.89. The maximum atomic E-state index is 2.54. The molecule has 0 fully saturated rings. The minimum Gasteiger partial charge on any atom is -0.309 e. The molecule has 15 rings (SSSR count). The fourth-order valence-electron chi connectivity index (χ4n) is 11.9. The molecule has 0 saturated carbocycles. The maximum absolute atomic E-state index is 2.54. The van der Waals surface area contributed by atoms with Gasteiger partial charge in [-0.15, -0.1) is 11.3 Å². The molecule has 11 aromatic carbocycles. The van der Waals surface area contributed by atoms with Crippen molar-refractivity contribution < 1.29 is 0 Å². The van der Waals surface area contributed by atoms with Gasteiger partial charge in [0.2, 0.25) is 0 Å². The van der Waals surface area contributed by atoms with Gasteiger partial charge in [0.25, 0.3) is 0 Å². The fourth-order valence-corrected chi connectivity index (χ4v) is 14.3. The number of nitrogens with zero attached hydrogens (tertiary/aromatic N) is 2. The number of anilines is 3. The lowest BCUT2D eigenvalue weighted by Crippen LogP contribution is -2.36. The number of hydrogen-bond donors (Lipinski definition) is 0. The van der Waals surface area contributed by atoms with Crippen LogP contribution in [0.4, 0.5) is 17.1 Å². The van der Waals surface area contributed by atoms with Crippen molar-refractivity contribution >= 4 is 104 Å². The van der Waals surface area contributed by atoms with Crippen LogP contribution in [0.2, 0.25) is 0 Å². The Morgan fingerprint density at radius 2 is 0.985 bits per heavy atom. The van der Waals surface area contributed by atoms with E-state index in [0.717, 1.165) is 22.7 Å². The van der Waals surface area contributed by atoms with Crippen LogP contribution in [-0.4, -0.2) is 4.57 Å². The molecule has 0 unspecified atom stereocenters. The largest absolute Gasteiger partial charge is 0.309 e. The summed E-state index contributed by atoms with van der Waals surface area (Å²) in [6.45, 7) is 0. The normalized spacial score (nSPS) is 13.4. The molecule has 4 heteroatoms. The molecule has 0 saturated heterocycles. The van der Waals surface area contributed by atoms with Crippen LogP contribution in [0, 0.1) is 0 Å². The van der Waals surface area contributed by atoms with Crippen LogP contribution in [0.25, 0.3) is 80.3 Å². The molecule has 0 N–H and O–H groups in total.